The van der Waals surface area contributed by atoms with E-state index in [4.69, 9.17) is 0 Å². The van der Waals surface area contributed by atoms with E-state index in [-0.39, 0.29) is 6.04 Å². The van der Waals surface area contributed by atoms with Gasteiger partial charge in [-0.2, -0.15) is 5.26 Å². The Morgan fingerprint density at radius 1 is 1.38 bits per heavy atom. The molecule has 1 unspecified atom stereocenters. The van der Waals surface area contributed by atoms with Crippen molar-refractivity contribution < 1.29 is 0 Å². The summed E-state index contributed by atoms with van der Waals surface area (Å²) in [5.41, 5.74) is 1.97. The van der Waals surface area contributed by atoms with E-state index in [0.717, 1.165) is 30.3 Å². The molecule has 1 aromatic heterocycles. The predicted octanol–water partition coefficient (Wildman–Crippen LogP) is 1.94. The Labute approximate surface area is 97.5 Å². The highest BCUT2D eigenvalue weighted by Crippen LogP contribution is 2.22. The van der Waals surface area contributed by atoms with E-state index in [2.05, 4.69) is 29.8 Å². The number of nitrogens with zero attached hydrogens (tertiary/aromatic N) is 4. The highest BCUT2D eigenvalue weighted by molar-refractivity contribution is 5.23. The zero-order chi connectivity index (χ0) is 12.3. The zero-order valence-electron chi connectivity index (χ0n) is 10.8. The molecule has 0 amide bonds. The smallest absolute Gasteiger partial charge is 0.142 e. The fourth-order valence-corrected chi connectivity index (χ4v) is 1.91. The molecule has 4 heteroatoms. The molecule has 0 aliphatic carbocycles. The van der Waals surface area contributed by atoms with Crippen molar-refractivity contribution >= 4 is 0 Å². The average Bonchev–Trinajstić information content (AvgIpc) is 2.53. The van der Waals surface area contributed by atoms with E-state index in [1.807, 2.05) is 25.5 Å². The van der Waals surface area contributed by atoms with Gasteiger partial charge in [-0.15, -0.1) is 0 Å². The molecule has 1 heterocycles. The van der Waals surface area contributed by atoms with Crippen LogP contribution in [0, 0.1) is 25.2 Å². The van der Waals surface area contributed by atoms with Gasteiger partial charge in [0.05, 0.1) is 11.8 Å². The molecule has 0 saturated carbocycles. The van der Waals surface area contributed by atoms with Gasteiger partial charge in [0, 0.05) is 12.7 Å². The molecular weight excluding hydrogens is 200 g/mol. The Hall–Kier alpha value is -1.34. The number of aromatic nitrogens is 2. The molecular formula is C12H20N4. The van der Waals surface area contributed by atoms with Crippen LogP contribution in [0.5, 0.6) is 0 Å². The van der Waals surface area contributed by atoms with Gasteiger partial charge in [-0.05, 0) is 26.9 Å². The SMILES string of the molecule is CCN(CC)C(C#N)c1nc(C)n(C)c1C. The molecule has 1 atom stereocenters. The average molecular weight is 220 g/mol. The second kappa shape index (κ2) is 5.13. The molecule has 0 saturated heterocycles. The lowest BCUT2D eigenvalue weighted by Gasteiger charge is -2.23. The molecule has 1 rings (SSSR count). The van der Waals surface area contributed by atoms with Crippen molar-refractivity contribution in [1.82, 2.24) is 14.5 Å². The standard InChI is InChI=1S/C12H20N4/c1-6-16(7-2)11(8-13)12-9(3)15(5)10(4)14-12/h11H,6-7H2,1-5H3. The van der Waals surface area contributed by atoms with Crippen LogP contribution >= 0.6 is 0 Å². The predicted molar refractivity (Wildman–Crippen MR) is 64.0 cm³/mol. The Balaban J connectivity index is 3.14. The summed E-state index contributed by atoms with van der Waals surface area (Å²) in [6.45, 7) is 9.85. The molecule has 1 aromatic rings. The van der Waals surface area contributed by atoms with Crippen molar-refractivity contribution in [3.05, 3.63) is 17.2 Å². The minimum Gasteiger partial charge on any atom is -0.335 e. The van der Waals surface area contributed by atoms with Crippen LogP contribution in [0.3, 0.4) is 0 Å². The van der Waals surface area contributed by atoms with E-state index in [0.29, 0.717) is 0 Å². The first-order chi connectivity index (χ1) is 7.56. The van der Waals surface area contributed by atoms with Crippen LogP contribution in [0.4, 0.5) is 0 Å². The summed E-state index contributed by atoms with van der Waals surface area (Å²) in [7, 11) is 1.98. The third kappa shape index (κ3) is 2.10. The van der Waals surface area contributed by atoms with E-state index in [1.54, 1.807) is 0 Å². The number of hydrogen-bond acceptors (Lipinski definition) is 3. The number of hydrogen-bond donors (Lipinski definition) is 0. The van der Waals surface area contributed by atoms with Crippen molar-refractivity contribution in [2.75, 3.05) is 13.1 Å². The van der Waals surface area contributed by atoms with Gasteiger partial charge in [0.25, 0.3) is 0 Å². The molecule has 0 spiro atoms. The van der Waals surface area contributed by atoms with Crippen LogP contribution in [-0.2, 0) is 7.05 Å². The highest BCUT2D eigenvalue weighted by atomic mass is 15.2. The molecule has 16 heavy (non-hydrogen) atoms. The highest BCUT2D eigenvalue weighted by Gasteiger charge is 2.23. The molecule has 88 valence electrons. The van der Waals surface area contributed by atoms with E-state index in [1.165, 1.54) is 0 Å². The second-order valence-electron chi connectivity index (χ2n) is 3.94. The minimum absolute atomic E-state index is 0.227. The Morgan fingerprint density at radius 3 is 2.25 bits per heavy atom. The fourth-order valence-electron chi connectivity index (χ4n) is 1.91. The molecule has 0 radical (unpaired) electrons. The molecule has 0 bridgehead atoms. The van der Waals surface area contributed by atoms with E-state index < -0.39 is 0 Å². The maximum Gasteiger partial charge on any atom is 0.142 e. The van der Waals surface area contributed by atoms with Gasteiger partial charge in [-0.25, -0.2) is 4.98 Å². The van der Waals surface area contributed by atoms with Crippen LogP contribution in [0.15, 0.2) is 0 Å². The summed E-state index contributed by atoms with van der Waals surface area (Å²) in [6, 6.07) is 2.12. The summed E-state index contributed by atoms with van der Waals surface area (Å²) < 4.78 is 2.03. The monoisotopic (exact) mass is 220 g/mol. The van der Waals surface area contributed by atoms with Crippen molar-refractivity contribution in [3.8, 4) is 6.07 Å². The number of rotatable bonds is 4. The van der Waals surface area contributed by atoms with Crippen LogP contribution in [0.25, 0.3) is 0 Å². The maximum absolute atomic E-state index is 9.30. The third-order valence-electron chi connectivity index (χ3n) is 3.20. The van der Waals surface area contributed by atoms with Gasteiger partial charge in [-0.3, -0.25) is 4.90 Å². The number of imidazole rings is 1. The normalized spacial score (nSPS) is 12.8. The van der Waals surface area contributed by atoms with Crippen molar-refractivity contribution in [2.24, 2.45) is 7.05 Å². The topological polar surface area (TPSA) is 44.9 Å². The largest absolute Gasteiger partial charge is 0.335 e. The Morgan fingerprint density at radius 2 is 1.94 bits per heavy atom. The van der Waals surface area contributed by atoms with Crippen molar-refractivity contribution in [3.63, 3.8) is 0 Å². The second-order valence-corrected chi connectivity index (χ2v) is 3.94. The molecule has 4 nitrogen and oxygen atoms in total. The maximum atomic E-state index is 9.30. The summed E-state index contributed by atoms with van der Waals surface area (Å²) in [5.74, 6) is 0.958. The third-order valence-corrected chi connectivity index (χ3v) is 3.20. The van der Waals surface area contributed by atoms with Gasteiger partial charge >= 0.3 is 0 Å². The van der Waals surface area contributed by atoms with Crippen LogP contribution in [0.1, 0.15) is 37.1 Å². The molecule has 0 aliphatic heterocycles. The summed E-state index contributed by atoms with van der Waals surface area (Å²) >= 11 is 0. The molecule has 0 aromatic carbocycles. The number of aryl methyl sites for hydroxylation is 1. The van der Waals surface area contributed by atoms with Gasteiger partial charge in [-0.1, -0.05) is 13.8 Å². The first-order valence-corrected chi connectivity index (χ1v) is 5.70. The van der Waals surface area contributed by atoms with Gasteiger partial charge in [0.15, 0.2) is 0 Å². The Bertz CT molecular complexity index is 396. The molecule has 0 N–H and O–H groups in total. The summed E-state index contributed by atoms with van der Waals surface area (Å²) in [6.07, 6.45) is 0. The summed E-state index contributed by atoms with van der Waals surface area (Å²) in [4.78, 5) is 6.62. The quantitative estimate of drug-likeness (QED) is 0.779. The fraction of sp³-hybridized carbons (Fsp3) is 0.667. The first kappa shape index (κ1) is 12.7. The lowest BCUT2D eigenvalue weighted by Crippen LogP contribution is -2.28. The lowest BCUT2D eigenvalue weighted by atomic mass is 10.1. The zero-order valence-corrected chi connectivity index (χ0v) is 10.8. The molecule has 0 aliphatic rings. The van der Waals surface area contributed by atoms with Crippen LogP contribution in [0.2, 0.25) is 0 Å². The number of nitriles is 1. The van der Waals surface area contributed by atoms with Crippen molar-refractivity contribution in [2.45, 2.75) is 33.7 Å². The van der Waals surface area contributed by atoms with Gasteiger partial charge in [0.2, 0.25) is 0 Å². The van der Waals surface area contributed by atoms with Crippen LogP contribution < -0.4 is 0 Å². The molecule has 0 fully saturated rings. The first-order valence-electron chi connectivity index (χ1n) is 5.70. The van der Waals surface area contributed by atoms with Gasteiger partial charge < -0.3 is 4.57 Å². The van der Waals surface area contributed by atoms with Crippen LogP contribution in [-0.4, -0.2) is 27.5 Å². The Kier molecular flexibility index (Phi) is 4.08. The summed E-state index contributed by atoms with van der Waals surface area (Å²) in [5, 5.41) is 9.30. The van der Waals surface area contributed by atoms with E-state index >= 15 is 0 Å². The van der Waals surface area contributed by atoms with Crippen molar-refractivity contribution in [1.29, 1.82) is 5.26 Å². The minimum atomic E-state index is -0.227. The van der Waals surface area contributed by atoms with E-state index in [9.17, 15) is 5.26 Å². The lowest BCUT2D eigenvalue weighted by molar-refractivity contribution is 0.258. The van der Waals surface area contributed by atoms with Gasteiger partial charge in [0.1, 0.15) is 11.9 Å².